The number of phenols is 1. The highest BCUT2D eigenvalue weighted by Crippen LogP contribution is 2.31. The number of hydrogen-bond donors (Lipinski definition) is 3. The highest BCUT2D eigenvalue weighted by atomic mass is 32.2. The molecule has 1 heterocycles. The van der Waals surface area contributed by atoms with Crippen molar-refractivity contribution in [3.8, 4) is 5.75 Å². The van der Waals surface area contributed by atoms with Crippen molar-refractivity contribution in [2.24, 2.45) is 5.41 Å². The number of carbonyl (C=O) groups is 2. The van der Waals surface area contributed by atoms with Crippen LogP contribution in [-0.4, -0.2) is 38.4 Å². The predicted molar refractivity (Wildman–Crippen MR) is 93.3 cm³/mol. The summed E-state index contributed by atoms with van der Waals surface area (Å²) in [6.07, 6.45) is 1.30. The lowest BCUT2D eigenvalue weighted by atomic mass is 9.95. The van der Waals surface area contributed by atoms with Gasteiger partial charge < -0.3 is 10.4 Å². The topological polar surface area (TPSA) is 116 Å². The van der Waals surface area contributed by atoms with Gasteiger partial charge in [0.15, 0.2) is 0 Å². The molecule has 1 fully saturated rings. The molecule has 9 heteroatoms. The molecule has 8 nitrogen and oxygen atoms in total. The number of nitrogens with zero attached hydrogens (tertiary/aromatic N) is 1. The molecular weight excluding hydrogens is 346 g/mol. The van der Waals surface area contributed by atoms with Gasteiger partial charge in [-0.3, -0.25) is 9.59 Å². The number of rotatable bonds is 5. The predicted octanol–water partition coefficient (Wildman–Crippen LogP) is 0.668. The van der Waals surface area contributed by atoms with Gasteiger partial charge in [-0.25, -0.2) is 9.03 Å². The van der Waals surface area contributed by atoms with Crippen LogP contribution in [0.5, 0.6) is 5.75 Å². The smallest absolute Gasteiger partial charge is 0.326 e. The first kappa shape index (κ1) is 19.0. The highest BCUT2D eigenvalue weighted by molar-refractivity contribution is 7.92. The summed E-state index contributed by atoms with van der Waals surface area (Å²) in [5.41, 5.74) is 0.428. The molecule has 25 heavy (non-hydrogen) atoms. The largest absolute Gasteiger partial charge is 0.506 e. The Morgan fingerprint density at radius 2 is 2.04 bits per heavy atom. The minimum atomic E-state index is -3.94. The molecule has 0 bridgehead atoms. The molecule has 1 aliphatic rings. The van der Waals surface area contributed by atoms with E-state index in [1.807, 2.05) is 25.5 Å². The van der Waals surface area contributed by atoms with E-state index < -0.39 is 21.5 Å². The lowest BCUT2D eigenvalue weighted by Crippen LogP contribution is -2.35. The highest BCUT2D eigenvalue weighted by Gasteiger charge is 2.35. The minimum Gasteiger partial charge on any atom is -0.506 e. The second-order valence-corrected chi connectivity index (χ2v) is 8.56. The number of hydrogen-bond acceptors (Lipinski definition) is 5. The molecule has 1 aliphatic heterocycles. The second-order valence-electron chi connectivity index (χ2n) is 6.97. The van der Waals surface area contributed by atoms with E-state index in [4.69, 9.17) is 0 Å². The van der Waals surface area contributed by atoms with Gasteiger partial charge in [0.1, 0.15) is 12.3 Å². The molecule has 0 spiro atoms. The Morgan fingerprint density at radius 3 is 2.56 bits per heavy atom. The van der Waals surface area contributed by atoms with Crippen molar-refractivity contribution in [2.75, 3.05) is 17.4 Å². The van der Waals surface area contributed by atoms with E-state index in [1.165, 1.54) is 12.1 Å². The SMILES string of the molecule is CC(C)(C)C(=O)NCCCc1ccc(N2CC(=O)NS2(=O)=O)c(O)c1. The Labute approximate surface area is 147 Å². The van der Waals surface area contributed by atoms with Gasteiger partial charge in [-0.15, -0.1) is 0 Å². The van der Waals surface area contributed by atoms with Gasteiger partial charge in [-0.2, -0.15) is 8.42 Å². The van der Waals surface area contributed by atoms with Crippen molar-refractivity contribution in [3.63, 3.8) is 0 Å². The van der Waals surface area contributed by atoms with Crippen molar-refractivity contribution in [1.82, 2.24) is 10.0 Å². The molecule has 1 saturated heterocycles. The number of aromatic hydroxyl groups is 1. The number of amides is 2. The summed E-state index contributed by atoms with van der Waals surface area (Å²) < 4.78 is 26.3. The molecule has 0 saturated carbocycles. The van der Waals surface area contributed by atoms with E-state index in [1.54, 1.807) is 6.07 Å². The molecule has 0 radical (unpaired) electrons. The summed E-state index contributed by atoms with van der Waals surface area (Å²) in [6, 6.07) is 4.63. The van der Waals surface area contributed by atoms with E-state index in [2.05, 4.69) is 5.32 Å². The maximum atomic E-state index is 11.8. The van der Waals surface area contributed by atoms with E-state index in [-0.39, 0.29) is 23.9 Å². The summed E-state index contributed by atoms with van der Waals surface area (Å²) in [6.45, 7) is 5.67. The van der Waals surface area contributed by atoms with E-state index in [9.17, 15) is 23.1 Å². The number of phenolic OH excluding ortho intramolecular Hbond substituents is 1. The van der Waals surface area contributed by atoms with Gasteiger partial charge in [0.05, 0.1) is 5.69 Å². The zero-order valence-electron chi connectivity index (χ0n) is 14.5. The molecule has 0 aliphatic carbocycles. The average Bonchev–Trinajstić information content (AvgIpc) is 2.75. The molecule has 138 valence electrons. The van der Waals surface area contributed by atoms with Crippen LogP contribution in [-0.2, 0) is 26.2 Å². The fourth-order valence-electron chi connectivity index (χ4n) is 2.36. The Hall–Kier alpha value is -2.29. The number of anilines is 1. The molecule has 1 aromatic carbocycles. The summed E-state index contributed by atoms with van der Waals surface area (Å²) in [7, 11) is -3.94. The van der Waals surface area contributed by atoms with Gasteiger partial charge in [0.2, 0.25) is 5.91 Å². The molecule has 2 amide bonds. The van der Waals surface area contributed by atoms with Crippen LogP contribution in [0, 0.1) is 5.41 Å². The van der Waals surface area contributed by atoms with E-state index >= 15 is 0 Å². The van der Waals surface area contributed by atoms with Gasteiger partial charge in [0, 0.05) is 12.0 Å². The van der Waals surface area contributed by atoms with Crippen LogP contribution in [0.3, 0.4) is 0 Å². The Morgan fingerprint density at radius 1 is 1.36 bits per heavy atom. The fraction of sp³-hybridized carbons (Fsp3) is 0.500. The zero-order valence-corrected chi connectivity index (χ0v) is 15.3. The quantitative estimate of drug-likeness (QED) is 0.660. The van der Waals surface area contributed by atoms with Crippen molar-refractivity contribution >= 4 is 27.7 Å². The normalized spacial score (nSPS) is 16.6. The first-order chi connectivity index (χ1) is 11.5. The molecule has 3 N–H and O–H groups in total. The van der Waals surface area contributed by atoms with Crippen LogP contribution >= 0.6 is 0 Å². The van der Waals surface area contributed by atoms with Crippen molar-refractivity contribution in [3.05, 3.63) is 23.8 Å². The van der Waals surface area contributed by atoms with Gasteiger partial charge >= 0.3 is 10.2 Å². The van der Waals surface area contributed by atoms with Crippen molar-refractivity contribution < 1.29 is 23.1 Å². The average molecular weight is 369 g/mol. The summed E-state index contributed by atoms with van der Waals surface area (Å²) in [5.74, 6) is -0.878. The summed E-state index contributed by atoms with van der Waals surface area (Å²) >= 11 is 0. The maximum absolute atomic E-state index is 11.8. The lowest BCUT2D eigenvalue weighted by molar-refractivity contribution is -0.128. The third-order valence-electron chi connectivity index (χ3n) is 3.74. The Kier molecular flexibility index (Phi) is 5.26. The number of benzene rings is 1. The third kappa shape index (κ3) is 4.62. The van der Waals surface area contributed by atoms with Crippen LogP contribution in [0.15, 0.2) is 18.2 Å². The third-order valence-corrected chi connectivity index (χ3v) is 5.13. The second kappa shape index (κ2) is 6.91. The van der Waals surface area contributed by atoms with E-state index in [0.717, 1.165) is 9.87 Å². The molecule has 0 unspecified atom stereocenters. The van der Waals surface area contributed by atoms with Gasteiger partial charge in [-0.1, -0.05) is 26.8 Å². The molecule has 2 rings (SSSR count). The monoisotopic (exact) mass is 369 g/mol. The van der Waals surface area contributed by atoms with Crippen molar-refractivity contribution in [2.45, 2.75) is 33.6 Å². The van der Waals surface area contributed by atoms with Crippen LogP contribution in [0.1, 0.15) is 32.8 Å². The Balaban J connectivity index is 1.96. The molecule has 1 aromatic rings. The summed E-state index contributed by atoms with van der Waals surface area (Å²) in [5, 5.41) is 13.0. The van der Waals surface area contributed by atoms with Gasteiger partial charge in [0.25, 0.3) is 5.91 Å². The molecular formula is C16H23N3O5S. The van der Waals surface area contributed by atoms with Crippen LogP contribution in [0.2, 0.25) is 0 Å². The van der Waals surface area contributed by atoms with Gasteiger partial charge in [-0.05, 0) is 30.5 Å². The number of nitrogens with one attached hydrogen (secondary N) is 2. The van der Waals surface area contributed by atoms with Crippen LogP contribution < -0.4 is 14.3 Å². The Bertz CT molecular complexity index is 783. The fourth-order valence-corrected chi connectivity index (χ4v) is 3.52. The zero-order chi connectivity index (χ0) is 18.8. The molecule has 0 atom stereocenters. The first-order valence-electron chi connectivity index (χ1n) is 7.94. The minimum absolute atomic E-state index is 0.0258. The standard InChI is InChI=1S/C16H23N3O5S/c1-16(2,3)15(22)17-8-4-5-11-6-7-12(13(20)9-11)19-10-14(21)18-25(19,23)24/h6-7,9,20H,4-5,8,10H2,1-3H3,(H,17,22)(H,18,21). The lowest BCUT2D eigenvalue weighted by Gasteiger charge is -2.18. The maximum Gasteiger partial charge on any atom is 0.326 e. The number of carbonyl (C=O) groups excluding carboxylic acids is 2. The van der Waals surface area contributed by atoms with E-state index in [0.29, 0.717) is 19.4 Å². The summed E-state index contributed by atoms with van der Waals surface area (Å²) in [4.78, 5) is 23.0. The number of aryl methyl sites for hydroxylation is 1. The van der Waals surface area contributed by atoms with Crippen molar-refractivity contribution in [1.29, 1.82) is 0 Å². The van der Waals surface area contributed by atoms with Crippen LogP contribution in [0.4, 0.5) is 5.69 Å². The first-order valence-corrected chi connectivity index (χ1v) is 9.38. The molecule has 0 aromatic heterocycles. The van der Waals surface area contributed by atoms with Crippen LogP contribution in [0.25, 0.3) is 0 Å².